The summed E-state index contributed by atoms with van der Waals surface area (Å²) < 4.78 is 0. The highest BCUT2D eigenvalue weighted by molar-refractivity contribution is 5.15. The Kier molecular flexibility index (Phi) is 3.25. The van der Waals surface area contributed by atoms with Crippen LogP contribution in [0.25, 0.3) is 0 Å². The first-order valence-corrected chi connectivity index (χ1v) is 7.45. The predicted molar refractivity (Wildman–Crippen MR) is 75.8 cm³/mol. The minimum absolute atomic E-state index is 0.370. The van der Waals surface area contributed by atoms with Crippen LogP contribution < -0.4 is 5.73 Å². The van der Waals surface area contributed by atoms with E-state index in [1.807, 2.05) is 0 Å². The molecule has 1 aliphatic heterocycles. The first-order valence-electron chi connectivity index (χ1n) is 7.45. The average Bonchev–Trinajstić information content (AvgIpc) is 2.96. The zero-order valence-corrected chi connectivity index (χ0v) is 12.0. The molecule has 1 atom stereocenters. The molecule has 2 aliphatic rings. The van der Waals surface area contributed by atoms with Crippen molar-refractivity contribution in [3.8, 4) is 0 Å². The van der Waals surface area contributed by atoms with Gasteiger partial charge in [0.2, 0.25) is 5.95 Å². The van der Waals surface area contributed by atoms with Crippen LogP contribution in [0.3, 0.4) is 0 Å². The van der Waals surface area contributed by atoms with Crippen LogP contribution in [0.5, 0.6) is 0 Å². The van der Waals surface area contributed by atoms with E-state index in [0.717, 1.165) is 11.9 Å². The summed E-state index contributed by atoms with van der Waals surface area (Å²) in [5.41, 5.74) is 6.12. The van der Waals surface area contributed by atoms with E-state index in [9.17, 15) is 0 Å². The van der Waals surface area contributed by atoms with Gasteiger partial charge in [-0.25, -0.2) is 0 Å². The van der Waals surface area contributed by atoms with E-state index in [1.165, 1.54) is 45.2 Å². The van der Waals surface area contributed by atoms with E-state index in [1.54, 1.807) is 0 Å². The first-order chi connectivity index (χ1) is 9.03. The van der Waals surface area contributed by atoms with Crippen molar-refractivity contribution in [1.82, 2.24) is 20.1 Å². The Morgan fingerprint density at radius 1 is 1.26 bits per heavy atom. The van der Waals surface area contributed by atoms with Gasteiger partial charge in [0, 0.05) is 12.0 Å². The number of H-pyrrole nitrogens is 1. The van der Waals surface area contributed by atoms with Gasteiger partial charge in [-0.15, -0.1) is 5.10 Å². The molecule has 1 aliphatic carbocycles. The van der Waals surface area contributed by atoms with Gasteiger partial charge in [0.15, 0.2) is 0 Å². The second-order valence-corrected chi connectivity index (χ2v) is 6.95. The predicted octanol–water partition coefficient (Wildman–Crippen LogP) is 2.14. The Labute approximate surface area is 115 Å². The number of rotatable bonds is 2. The van der Waals surface area contributed by atoms with Gasteiger partial charge in [0.25, 0.3) is 0 Å². The summed E-state index contributed by atoms with van der Waals surface area (Å²) in [6.45, 7) is 7.17. The first kappa shape index (κ1) is 12.9. The highest BCUT2D eigenvalue weighted by atomic mass is 15.3. The van der Waals surface area contributed by atoms with Crippen molar-refractivity contribution in [2.75, 3.05) is 18.8 Å². The molecule has 0 bridgehead atoms. The number of likely N-dealkylation sites (tertiary alicyclic amines) is 1. The summed E-state index contributed by atoms with van der Waals surface area (Å²) in [7, 11) is 0. The maximum Gasteiger partial charge on any atom is 0.239 e. The maximum absolute atomic E-state index is 5.58. The Balaban J connectivity index is 1.55. The van der Waals surface area contributed by atoms with Gasteiger partial charge in [-0.1, -0.05) is 13.8 Å². The number of nitrogens with one attached hydrogen (secondary N) is 1. The molecule has 1 aromatic rings. The fourth-order valence-electron chi connectivity index (χ4n) is 3.72. The van der Waals surface area contributed by atoms with E-state index in [4.69, 9.17) is 5.73 Å². The molecule has 3 rings (SSSR count). The molecule has 0 spiro atoms. The van der Waals surface area contributed by atoms with Gasteiger partial charge in [-0.05, 0) is 50.6 Å². The summed E-state index contributed by atoms with van der Waals surface area (Å²) in [5.74, 6) is 1.86. The van der Waals surface area contributed by atoms with E-state index in [-0.39, 0.29) is 0 Å². The summed E-state index contributed by atoms with van der Waals surface area (Å²) >= 11 is 0. The van der Waals surface area contributed by atoms with E-state index in [0.29, 0.717) is 17.3 Å². The number of anilines is 1. The van der Waals surface area contributed by atoms with Crippen molar-refractivity contribution < 1.29 is 0 Å². The van der Waals surface area contributed by atoms with Crippen LogP contribution in [0.15, 0.2) is 0 Å². The number of nitrogens with zero attached hydrogens (tertiary/aromatic N) is 3. The van der Waals surface area contributed by atoms with Crippen molar-refractivity contribution in [2.24, 2.45) is 5.41 Å². The number of aromatic amines is 1. The number of nitrogens with two attached hydrogens (primary N) is 1. The molecule has 3 N–H and O–H groups in total. The molecule has 5 heteroatoms. The number of nitrogen functional groups attached to an aromatic ring is 1. The molecule has 1 unspecified atom stereocenters. The second-order valence-electron chi connectivity index (χ2n) is 6.95. The van der Waals surface area contributed by atoms with Crippen LogP contribution >= 0.6 is 0 Å². The Hall–Kier alpha value is -1.10. The standard InChI is InChI=1S/C14H25N5/c1-14(2)6-3-11(9-14)19-7-4-10(5-8-19)12-16-13(15)18-17-12/h10-11H,3-9H2,1-2H3,(H3,15,16,17,18). The number of hydrogen-bond acceptors (Lipinski definition) is 4. The molecule has 2 fully saturated rings. The fraction of sp³-hybridized carbons (Fsp3) is 0.857. The largest absolute Gasteiger partial charge is 0.367 e. The number of piperidine rings is 1. The number of hydrogen-bond donors (Lipinski definition) is 2. The molecule has 0 aromatic carbocycles. The fourth-order valence-corrected chi connectivity index (χ4v) is 3.72. The van der Waals surface area contributed by atoms with Crippen molar-refractivity contribution in [1.29, 1.82) is 0 Å². The topological polar surface area (TPSA) is 70.8 Å². The molecule has 1 saturated heterocycles. The van der Waals surface area contributed by atoms with Crippen molar-refractivity contribution >= 4 is 5.95 Å². The normalized spacial score (nSPS) is 28.8. The summed E-state index contributed by atoms with van der Waals surface area (Å²) in [5, 5.41) is 6.90. The third kappa shape index (κ3) is 2.76. The van der Waals surface area contributed by atoms with Gasteiger partial charge in [0.1, 0.15) is 5.82 Å². The molecular weight excluding hydrogens is 238 g/mol. The monoisotopic (exact) mass is 263 g/mol. The second kappa shape index (κ2) is 4.78. The zero-order chi connectivity index (χ0) is 13.5. The van der Waals surface area contributed by atoms with Gasteiger partial charge >= 0.3 is 0 Å². The summed E-state index contributed by atoms with van der Waals surface area (Å²) in [4.78, 5) is 6.96. The number of aromatic nitrogens is 3. The molecule has 5 nitrogen and oxygen atoms in total. The molecule has 2 heterocycles. The maximum atomic E-state index is 5.58. The molecular formula is C14H25N5. The van der Waals surface area contributed by atoms with Crippen LogP contribution in [0.1, 0.15) is 57.7 Å². The third-order valence-electron chi connectivity index (χ3n) is 4.90. The lowest BCUT2D eigenvalue weighted by molar-refractivity contribution is 0.144. The van der Waals surface area contributed by atoms with E-state index < -0.39 is 0 Å². The van der Waals surface area contributed by atoms with Gasteiger partial charge in [0.05, 0.1) is 0 Å². The minimum atomic E-state index is 0.370. The Bertz CT molecular complexity index is 431. The quantitative estimate of drug-likeness (QED) is 0.857. The smallest absolute Gasteiger partial charge is 0.239 e. The lowest BCUT2D eigenvalue weighted by Gasteiger charge is -2.35. The van der Waals surface area contributed by atoms with Crippen LogP contribution in [0.4, 0.5) is 5.95 Å². The van der Waals surface area contributed by atoms with Gasteiger partial charge in [-0.3, -0.25) is 5.10 Å². The average molecular weight is 263 g/mol. The van der Waals surface area contributed by atoms with Crippen molar-refractivity contribution in [3.63, 3.8) is 0 Å². The molecule has 1 saturated carbocycles. The van der Waals surface area contributed by atoms with Gasteiger partial charge < -0.3 is 10.6 Å². The van der Waals surface area contributed by atoms with Crippen LogP contribution in [-0.4, -0.2) is 39.2 Å². The third-order valence-corrected chi connectivity index (χ3v) is 4.90. The highest BCUT2D eigenvalue weighted by Crippen LogP contribution is 2.40. The van der Waals surface area contributed by atoms with Crippen LogP contribution in [0.2, 0.25) is 0 Å². The van der Waals surface area contributed by atoms with Crippen molar-refractivity contribution in [3.05, 3.63) is 5.82 Å². The lowest BCUT2D eigenvalue weighted by Crippen LogP contribution is -2.40. The van der Waals surface area contributed by atoms with Crippen LogP contribution in [-0.2, 0) is 0 Å². The van der Waals surface area contributed by atoms with E-state index in [2.05, 4.69) is 33.9 Å². The van der Waals surface area contributed by atoms with Crippen molar-refractivity contribution in [2.45, 2.75) is 57.9 Å². The Morgan fingerprint density at radius 2 is 2.00 bits per heavy atom. The molecule has 19 heavy (non-hydrogen) atoms. The molecule has 0 radical (unpaired) electrons. The molecule has 1 aromatic heterocycles. The molecule has 106 valence electrons. The summed E-state index contributed by atoms with van der Waals surface area (Å²) in [6, 6.07) is 0.802. The SMILES string of the molecule is CC1(C)CCC(N2CCC(c3nc(N)n[nH]3)CC2)C1. The Morgan fingerprint density at radius 3 is 2.53 bits per heavy atom. The zero-order valence-electron chi connectivity index (χ0n) is 12.0. The van der Waals surface area contributed by atoms with Crippen LogP contribution in [0, 0.1) is 5.41 Å². The van der Waals surface area contributed by atoms with Gasteiger partial charge in [-0.2, -0.15) is 4.98 Å². The van der Waals surface area contributed by atoms with E-state index >= 15 is 0 Å². The highest BCUT2D eigenvalue weighted by Gasteiger charge is 2.36. The summed E-state index contributed by atoms with van der Waals surface area (Å²) in [6.07, 6.45) is 6.44. The lowest BCUT2D eigenvalue weighted by atomic mass is 9.90. The molecule has 0 amide bonds. The minimum Gasteiger partial charge on any atom is -0.367 e.